The van der Waals surface area contributed by atoms with Crippen molar-refractivity contribution in [2.24, 2.45) is 0 Å². The lowest BCUT2D eigenvalue weighted by atomic mass is 10.2. The Bertz CT molecular complexity index is 762. The van der Waals surface area contributed by atoms with Gasteiger partial charge in [-0.2, -0.15) is 4.98 Å². The molecule has 6 nitrogen and oxygen atoms in total. The molecule has 0 aliphatic rings. The number of nitrogen functional groups attached to an aromatic ring is 1. The molecule has 3 aromatic heterocycles. The van der Waals surface area contributed by atoms with Gasteiger partial charge in [0.1, 0.15) is 11.6 Å². The summed E-state index contributed by atoms with van der Waals surface area (Å²) in [6.45, 7) is 4.42. The highest BCUT2D eigenvalue weighted by molar-refractivity contribution is 14.1. The Morgan fingerprint density at radius 3 is 2.90 bits per heavy atom. The van der Waals surface area contributed by atoms with E-state index in [0.717, 1.165) is 35.9 Å². The largest absolute Gasteiger partial charge is 0.368 e. The van der Waals surface area contributed by atoms with Gasteiger partial charge in [0.05, 0.1) is 18.8 Å². The lowest BCUT2D eigenvalue weighted by Gasteiger charge is -2.06. The Morgan fingerprint density at radius 2 is 2.20 bits per heavy atom. The molecule has 3 heterocycles. The number of anilines is 2. The SMILES string of the molecule is Cc1noc(C)c1CNc1nc(N)nc2cc(I)sc12. The number of nitrogens with zero attached hydrogens (tertiary/aromatic N) is 3. The Labute approximate surface area is 132 Å². The van der Waals surface area contributed by atoms with Crippen molar-refractivity contribution in [2.75, 3.05) is 11.1 Å². The molecule has 0 aromatic carbocycles. The number of rotatable bonds is 3. The number of nitrogens with two attached hydrogens (primary N) is 1. The van der Waals surface area contributed by atoms with Crippen LogP contribution in [0.3, 0.4) is 0 Å². The van der Waals surface area contributed by atoms with Crippen molar-refractivity contribution in [1.29, 1.82) is 0 Å². The van der Waals surface area contributed by atoms with Crippen LogP contribution in [0.5, 0.6) is 0 Å². The Hall–Kier alpha value is -1.42. The maximum absolute atomic E-state index is 5.75. The van der Waals surface area contributed by atoms with Crippen molar-refractivity contribution in [1.82, 2.24) is 15.1 Å². The van der Waals surface area contributed by atoms with Crippen LogP contribution in [0.1, 0.15) is 17.0 Å². The fourth-order valence-corrected chi connectivity index (χ4v) is 3.71. The molecule has 20 heavy (non-hydrogen) atoms. The van der Waals surface area contributed by atoms with Gasteiger partial charge in [-0.25, -0.2) is 4.98 Å². The van der Waals surface area contributed by atoms with E-state index in [-0.39, 0.29) is 5.95 Å². The van der Waals surface area contributed by atoms with Gasteiger partial charge in [0, 0.05) is 12.1 Å². The van der Waals surface area contributed by atoms with Crippen LogP contribution in [0.15, 0.2) is 10.6 Å². The fraction of sp³-hybridized carbons (Fsp3) is 0.250. The molecule has 0 bridgehead atoms. The van der Waals surface area contributed by atoms with Gasteiger partial charge in [-0.05, 0) is 42.5 Å². The van der Waals surface area contributed by atoms with E-state index >= 15 is 0 Å². The molecule has 0 spiro atoms. The van der Waals surface area contributed by atoms with E-state index < -0.39 is 0 Å². The molecule has 0 unspecified atom stereocenters. The fourth-order valence-electron chi connectivity index (χ4n) is 1.96. The molecule has 0 atom stereocenters. The topological polar surface area (TPSA) is 89.9 Å². The molecule has 3 rings (SSSR count). The minimum atomic E-state index is 0.271. The summed E-state index contributed by atoms with van der Waals surface area (Å²) >= 11 is 3.91. The van der Waals surface area contributed by atoms with Gasteiger partial charge < -0.3 is 15.6 Å². The summed E-state index contributed by atoms with van der Waals surface area (Å²) in [6.07, 6.45) is 0. The minimum Gasteiger partial charge on any atom is -0.368 e. The first kappa shape index (κ1) is 13.6. The highest BCUT2D eigenvalue weighted by Crippen LogP contribution is 2.31. The number of halogens is 1. The van der Waals surface area contributed by atoms with Crippen LogP contribution in [0.2, 0.25) is 0 Å². The first-order valence-corrected chi connectivity index (χ1v) is 7.82. The molecular formula is C12H12IN5OS. The van der Waals surface area contributed by atoms with Crippen LogP contribution in [0.4, 0.5) is 11.8 Å². The molecule has 0 aliphatic heterocycles. The average Bonchev–Trinajstić information content (AvgIpc) is 2.90. The summed E-state index contributed by atoms with van der Waals surface area (Å²) < 4.78 is 7.31. The van der Waals surface area contributed by atoms with Gasteiger partial charge in [0.25, 0.3) is 0 Å². The van der Waals surface area contributed by atoms with Crippen LogP contribution in [0.25, 0.3) is 10.2 Å². The molecule has 0 saturated carbocycles. The van der Waals surface area contributed by atoms with E-state index in [0.29, 0.717) is 6.54 Å². The second-order valence-electron chi connectivity index (χ2n) is 4.35. The van der Waals surface area contributed by atoms with Gasteiger partial charge in [0.2, 0.25) is 5.95 Å². The average molecular weight is 401 g/mol. The molecule has 3 aromatic rings. The number of aromatic nitrogens is 3. The Balaban J connectivity index is 1.94. The Morgan fingerprint density at radius 1 is 1.40 bits per heavy atom. The maximum atomic E-state index is 5.75. The molecular weight excluding hydrogens is 389 g/mol. The Kier molecular flexibility index (Phi) is 3.50. The molecule has 3 N–H and O–H groups in total. The summed E-state index contributed by atoms with van der Waals surface area (Å²) in [5, 5.41) is 7.24. The van der Waals surface area contributed by atoms with Crippen molar-refractivity contribution < 1.29 is 4.52 Å². The number of hydrogen-bond acceptors (Lipinski definition) is 7. The third-order valence-electron chi connectivity index (χ3n) is 2.97. The molecule has 104 valence electrons. The number of thiophene rings is 1. The van der Waals surface area contributed by atoms with Gasteiger partial charge in [0.15, 0.2) is 0 Å². The quantitative estimate of drug-likeness (QED) is 0.656. The van der Waals surface area contributed by atoms with Gasteiger partial charge in [-0.15, -0.1) is 11.3 Å². The van der Waals surface area contributed by atoms with Crippen molar-refractivity contribution in [2.45, 2.75) is 20.4 Å². The van der Waals surface area contributed by atoms with Crippen LogP contribution in [-0.2, 0) is 6.54 Å². The highest BCUT2D eigenvalue weighted by atomic mass is 127. The van der Waals surface area contributed by atoms with Gasteiger partial charge >= 0.3 is 0 Å². The summed E-state index contributed by atoms with van der Waals surface area (Å²) in [4.78, 5) is 8.52. The lowest BCUT2D eigenvalue weighted by Crippen LogP contribution is -2.05. The summed E-state index contributed by atoms with van der Waals surface area (Å²) in [5.41, 5.74) is 8.55. The highest BCUT2D eigenvalue weighted by Gasteiger charge is 2.12. The zero-order valence-electron chi connectivity index (χ0n) is 10.9. The summed E-state index contributed by atoms with van der Waals surface area (Å²) in [5.74, 6) is 1.84. The van der Waals surface area contributed by atoms with Crippen molar-refractivity contribution >= 4 is 55.9 Å². The van der Waals surface area contributed by atoms with E-state index in [1.165, 1.54) is 0 Å². The van der Waals surface area contributed by atoms with Crippen LogP contribution in [0, 0.1) is 16.7 Å². The third-order valence-corrected chi connectivity index (χ3v) is 4.86. The maximum Gasteiger partial charge on any atom is 0.222 e. The van der Waals surface area contributed by atoms with E-state index in [1.807, 2.05) is 19.9 Å². The van der Waals surface area contributed by atoms with Crippen molar-refractivity contribution in [3.8, 4) is 0 Å². The zero-order valence-corrected chi connectivity index (χ0v) is 13.9. The normalized spacial score (nSPS) is 11.2. The molecule has 0 saturated heterocycles. The summed E-state index contributed by atoms with van der Waals surface area (Å²) in [6, 6.07) is 2.00. The first-order valence-electron chi connectivity index (χ1n) is 5.93. The monoisotopic (exact) mass is 401 g/mol. The molecule has 0 aliphatic carbocycles. The number of nitrogens with one attached hydrogen (secondary N) is 1. The van der Waals surface area contributed by atoms with Gasteiger partial charge in [-0.1, -0.05) is 5.16 Å². The molecule has 0 fully saturated rings. The van der Waals surface area contributed by atoms with Gasteiger partial charge in [-0.3, -0.25) is 0 Å². The molecule has 8 heteroatoms. The zero-order chi connectivity index (χ0) is 14.3. The molecule has 0 amide bonds. The predicted octanol–water partition coefficient (Wildman–Crippen LogP) is 3.10. The van der Waals surface area contributed by atoms with Crippen LogP contribution in [-0.4, -0.2) is 15.1 Å². The second kappa shape index (κ2) is 5.17. The predicted molar refractivity (Wildman–Crippen MR) is 87.8 cm³/mol. The van der Waals surface area contributed by atoms with Crippen LogP contribution >= 0.6 is 33.9 Å². The number of fused-ring (bicyclic) bond motifs is 1. The van der Waals surface area contributed by atoms with Crippen molar-refractivity contribution in [3.05, 3.63) is 26.0 Å². The lowest BCUT2D eigenvalue weighted by molar-refractivity contribution is 0.392. The third kappa shape index (κ3) is 2.44. The molecule has 0 radical (unpaired) electrons. The standard InChI is InChI=1S/C12H12IN5OS/c1-5-7(6(2)19-18-5)4-15-11-10-8(3-9(13)20-10)16-12(14)17-11/h3H,4H2,1-2H3,(H3,14,15,16,17). The first-order chi connectivity index (χ1) is 9.54. The van der Waals surface area contributed by atoms with E-state index in [9.17, 15) is 0 Å². The smallest absolute Gasteiger partial charge is 0.222 e. The van der Waals surface area contributed by atoms with Crippen molar-refractivity contribution in [3.63, 3.8) is 0 Å². The van der Waals surface area contributed by atoms with E-state index in [4.69, 9.17) is 10.3 Å². The van der Waals surface area contributed by atoms with E-state index in [2.05, 4.69) is 43.0 Å². The van der Waals surface area contributed by atoms with E-state index in [1.54, 1.807) is 11.3 Å². The second-order valence-corrected chi connectivity index (χ2v) is 7.30. The minimum absolute atomic E-state index is 0.271. The number of aryl methyl sites for hydroxylation is 2. The van der Waals surface area contributed by atoms with Crippen LogP contribution < -0.4 is 11.1 Å². The summed E-state index contributed by atoms with van der Waals surface area (Å²) in [7, 11) is 0. The number of hydrogen-bond donors (Lipinski definition) is 2.